The van der Waals surface area contributed by atoms with Crippen LogP contribution < -0.4 is 10.1 Å². The lowest BCUT2D eigenvalue weighted by molar-refractivity contribution is 0.413. The van der Waals surface area contributed by atoms with Crippen LogP contribution in [0, 0.1) is 12.7 Å². The number of halogens is 1. The largest absolute Gasteiger partial charge is 0.616 e. The monoisotopic (exact) mass is 477 g/mol. The maximum atomic E-state index is 13.4. The van der Waals surface area contributed by atoms with E-state index in [2.05, 4.69) is 10.3 Å². The minimum atomic E-state index is -0.926. The summed E-state index contributed by atoms with van der Waals surface area (Å²) in [4.78, 5) is 13.8. The zero-order chi connectivity index (χ0) is 23.7. The van der Waals surface area contributed by atoms with Crippen molar-refractivity contribution >= 4 is 22.8 Å². The molecule has 1 aliphatic heterocycles. The number of anilines is 2. The second-order valence-corrected chi connectivity index (χ2v) is 9.77. The van der Waals surface area contributed by atoms with Gasteiger partial charge < -0.3 is 19.2 Å². The zero-order valence-corrected chi connectivity index (χ0v) is 19.7. The Hall–Kier alpha value is -3.43. The fourth-order valence-electron chi connectivity index (χ4n) is 4.05. The molecular formula is C25H24FN5O2S. The first-order valence-corrected chi connectivity index (χ1v) is 12.4. The van der Waals surface area contributed by atoms with Crippen molar-refractivity contribution in [3.05, 3.63) is 89.0 Å². The minimum Gasteiger partial charge on any atom is -0.616 e. The number of aryl methyl sites for hydroxylation is 2. The van der Waals surface area contributed by atoms with E-state index >= 15 is 0 Å². The van der Waals surface area contributed by atoms with E-state index in [1.807, 2.05) is 35.9 Å². The van der Waals surface area contributed by atoms with Crippen molar-refractivity contribution in [1.29, 1.82) is 0 Å². The van der Waals surface area contributed by atoms with Crippen molar-refractivity contribution in [3.8, 4) is 11.4 Å². The van der Waals surface area contributed by atoms with Crippen LogP contribution in [0.15, 0.2) is 55.0 Å². The summed E-state index contributed by atoms with van der Waals surface area (Å²) >= 11 is -0.926. The van der Waals surface area contributed by atoms with Crippen LogP contribution in [0.4, 0.5) is 16.0 Å². The normalized spacial score (nSPS) is 15.1. The second kappa shape index (κ2) is 9.44. The van der Waals surface area contributed by atoms with E-state index < -0.39 is 11.2 Å². The number of aromatic nitrogens is 4. The molecule has 2 aromatic heterocycles. The molecule has 34 heavy (non-hydrogen) atoms. The van der Waals surface area contributed by atoms with Crippen molar-refractivity contribution in [2.45, 2.75) is 25.5 Å². The summed E-state index contributed by atoms with van der Waals surface area (Å²) in [6, 6.07) is 12.2. The molecule has 0 amide bonds. The quantitative estimate of drug-likeness (QED) is 0.418. The van der Waals surface area contributed by atoms with Gasteiger partial charge in [0.05, 0.1) is 36.2 Å². The van der Waals surface area contributed by atoms with E-state index in [-0.39, 0.29) is 5.82 Å². The molecule has 1 aliphatic rings. The Kier molecular flexibility index (Phi) is 6.21. The summed E-state index contributed by atoms with van der Waals surface area (Å²) in [5.74, 6) is 1.91. The number of nitrogens with one attached hydrogen (secondary N) is 1. The lowest BCUT2D eigenvalue weighted by Gasteiger charge is -2.22. The first kappa shape index (κ1) is 22.4. The van der Waals surface area contributed by atoms with Crippen molar-refractivity contribution in [3.63, 3.8) is 0 Å². The standard InChI is InChI=1S/C25H24FN5O2S/c1-16-13-31(15-27-16)23-8-7-19(12-24(23)33-2)28-25-29-21-9-10-34(32)14-20(21)22(30-25)11-17-3-5-18(26)6-4-17/h3-8,12-13,15H,9-11,14H2,1-2H3,(H,28,29,30). The number of imidazole rings is 1. The highest BCUT2D eigenvalue weighted by atomic mass is 32.2. The Morgan fingerprint density at radius 2 is 2.00 bits per heavy atom. The molecule has 3 heterocycles. The van der Waals surface area contributed by atoms with Crippen LogP contribution in [-0.4, -0.2) is 36.9 Å². The summed E-state index contributed by atoms with van der Waals surface area (Å²) in [5.41, 5.74) is 6.16. The number of methoxy groups -OCH3 is 1. The summed E-state index contributed by atoms with van der Waals surface area (Å²) in [7, 11) is 1.63. The van der Waals surface area contributed by atoms with Gasteiger partial charge in [-0.05, 0) is 47.9 Å². The van der Waals surface area contributed by atoms with Gasteiger partial charge in [-0.2, -0.15) is 0 Å². The highest BCUT2D eigenvalue weighted by Crippen LogP contribution is 2.30. The Morgan fingerprint density at radius 1 is 1.18 bits per heavy atom. The maximum absolute atomic E-state index is 13.4. The summed E-state index contributed by atoms with van der Waals surface area (Å²) in [6.07, 6.45) is 4.83. The molecular weight excluding hydrogens is 453 g/mol. The van der Waals surface area contributed by atoms with Gasteiger partial charge in [0.2, 0.25) is 5.95 Å². The third-order valence-corrected chi connectivity index (χ3v) is 7.03. The first-order valence-electron chi connectivity index (χ1n) is 10.9. The Morgan fingerprint density at radius 3 is 2.74 bits per heavy atom. The molecule has 5 rings (SSSR count). The van der Waals surface area contributed by atoms with Gasteiger partial charge in [-0.25, -0.2) is 19.3 Å². The van der Waals surface area contributed by atoms with Crippen molar-refractivity contribution in [2.24, 2.45) is 0 Å². The molecule has 0 saturated carbocycles. The van der Waals surface area contributed by atoms with Crippen LogP contribution in [0.5, 0.6) is 5.75 Å². The van der Waals surface area contributed by atoms with Gasteiger partial charge in [0, 0.05) is 36.4 Å². The van der Waals surface area contributed by atoms with Gasteiger partial charge in [0.15, 0.2) is 0 Å². The van der Waals surface area contributed by atoms with Crippen LogP contribution in [-0.2, 0) is 29.8 Å². The summed E-state index contributed by atoms with van der Waals surface area (Å²) in [5, 5.41) is 3.30. The van der Waals surface area contributed by atoms with E-state index in [0.717, 1.165) is 39.6 Å². The number of benzene rings is 2. The molecule has 2 aromatic carbocycles. The number of hydrogen-bond acceptors (Lipinski definition) is 6. The predicted molar refractivity (Wildman–Crippen MR) is 130 cm³/mol. The zero-order valence-electron chi connectivity index (χ0n) is 18.9. The highest BCUT2D eigenvalue weighted by Gasteiger charge is 2.25. The molecule has 0 saturated heterocycles. The summed E-state index contributed by atoms with van der Waals surface area (Å²) in [6.45, 7) is 1.94. The molecule has 1 unspecified atom stereocenters. The smallest absolute Gasteiger partial charge is 0.227 e. The molecule has 9 heteroatoms. The lowest BCUT2D eigenvalue weighted by atomic mass is 10.0. The Bertz CT molecular complexity index is 1330. The summed E-state index contributed by atoms with van der Waals surface area (Å²) < 4.78 is 33.1. The van der Waals surface area contributed by atoms with Gasteiger partial charge in [0.1, 0.15) is 23.1 Å². The van der Waals surface area contributed by atoms with Crippen LogP contribution >= 0.6 is 0 Å². The fraction of sp³-hybridized carbons (Fsp3) is 0.240. The first-order chi connectivity index (χ1) is 16.5. The molecule has 174 valence electrons. The molecule has 0 fully saturated rings. The van der Waals surface area contributed by atoms with Crippen LogP contribution in [0.3, 0.4) is 0 Å². The molecule has 7 nitrogen and oxygen atoms in total. The van der Waals surface area contributed by atoms with E-state index in [1.54, 1.807) is 25.6 Å². The van der Waals surface area contributed by atoms with Crippen LogP contribution in [0.25, 0.3) is 5.69 Å². The average molecular weight is 478 g/mol. The maximum Gasteiger partial charge on any atom is 0.227 e. The third-order valence-electron chi connectivity index (χ3n) is 5.76. The van der Waals surface area contributed by atoms with Gasteiger partial charge in [-0.15, -0.1) is 0 Å². The van der Waals surface area contributed by atoms with E-state index in [0.29, 0.717) is 36.0 Å². The molecule has 1 atom stereocenters. The van der Waals surface area contributed by atoms with E-state index in [4.69, 9.17) is 14.7 Å². The molecule has 0 aliphatic carbocycles. The number of hydrogen-bond donors (Lipinski definition) is 1. The van der Waals surface area contributed by atoms with Gasteiger partial charge >= 0.3 is 0 Å². The van der Waals surface area contributed by atoms with Crippen molar-refractivity contribution < 1.29 is 13.7 Å². The average Bonchev–Trinajstić information content (AvgIpc) is 3.27. The lowest BCUT2D eigenvalue weighted by Crippen LogP contribution is -2.23. The molecule has 4 aromatic rings. The number of nitrogens with zero attached hydrogens (tertiary/aromatic N) is 4. The van der Waals surface area contributed by atoms with E-state index in [1.165, 1.54) is 12.1 Å². The topological polar surface area (TPSA) is 87.9 Å². The van der Waals surface area contributed by atoms with Gasteiger partial charge in [-0.3, -0.25) is 0 Å². The van der Waals surface area contributed by atoms with Crippen molar-refractivity contribution in [2.75, 3.05) is 18.2 Å². The third kappa shape index (κ3) is 4.76. The molecule has 1 N–H and O–H groups in total. The number of ether oxygens (including phenoxy) is 1. The molecule has 0 radical (unpaired) electrons. The van der Waals surface area contributed by atoms with E-state index in [9.17, 15) is 8.94 Å². The predicted octanol–water partition coefficient (Wildman–Crippen LogP) is 4.26. The minimum absolute atomic E-state index is 0.278. The fourth-order valence-corrected chi connectivity index (χ4v) is 5.27. The Labute approximate surface area is 200 Å². The van der Waals surface area contributed by atoms with Crippen molar-refractivity contribution in [1.82, 2.24) is 19.5 Å². The van der Waals surface area contributed by atoms with Crippen LogP contribution in [0.2, 0.25) is 0 Å². The molecule has 0 spiro atoms. The number of fused-ring (bicyclic) bond motifs is 1. The van der Waals surface area contributed by atoms with Gasteiger partial charge in [0.25, 0.3) is 0 Å². The van der Waals surface area contributed by atoms with Gasteiger partial charge in [-0.1, -0.05) is 12.1 Å². The second-order valence-electron chi connectivity index (χ2n) is 8.19. The molecule has 0 bridgehead atoms. The number of rotatable bonds is 6. The Balaban J connectivity index is 1.47. The SMILES string of the molecule is COc1cc(Nc2nc3c(c(Cc4ccc(F)cc4)n2)C[S+]([O-])CC3)ccc1-n1cnc(C)c1. The van der Waals surface area contributed by atoms with Crippen LogP contribution in [0.1, 0.15) is 28.2 Å². The highest BCUT2D eigenvalue weighted by molar-refractivity contribution is 7.90.